The summed E-state index contributed by atoms with van der Waals surface area (Å²) in [6.45, 7) is 7.73. The van der Waals surface area contributed by atoms with Gasteiger partial charge in [0.2, 0.25) is 0 Å². The molecule has 0 unspecified atom stereocenters. The highest BCUT2D eigenvalue weighted by Crippen LogP contribution is 2.24. The van der Waals surface area contributed by atoms with Crippen LogP contribution in [0.15, 0.2) is 30.3 Å². The minimum Gasteiger partial charge on any atom is -0.310 e. The van der Waals surface area contributed by atoms with Gasteiger partial charge in [0.15, 0.2) is 0 Å². The summed E-state index contributed by atoms with van der Waals surface area (Å²) >= 11 is 0. The van der Waals surface area contributed by atoms with E-state index in [0.29, 0.717) is 6.04 Å². The summed E-state index contributed by atoms with van der Waals surface area (Å²) in [5.74, 6) is 0.847. The fraction of sp³-hybridized carbons (Fsp3) is 0.600. The molecule has 2 atom stereocenters. The number of piperidine rings is 1. The standard InChI is InChI=1S/C12H17N.C3H8/c1-10-7-8-12(13-9-10)11-5-3-2-4-6-11;1-3-2/h2-6,10,12-13H,7-9H2,1H3;3H2,1-2H3/t10-,12-;/m1./s1. The van der Waals surface area contributed by atoms with E-state index in [1.54, 1.807) is 0 Å². The van der Waals surface area contributed by atoms with Gasteiger partial charge in [0.1, 0.15) is 0 Å². The molecule has 0 bridgehead atoms. The van der Waals surface area contributed by atoms with E-state index in [2.05, 4.69) is 56.4 Å². The lowest BCUT2D eigenvalue weighted by Gasteiger charge is -2.28. The van der Waals surface area contributed by atoms with Crippen LogP contribution in [0.1, 0.15) is 51.6 Å². The fourth-order valence-electron chi connectivity index (χ4n) is 1.97. The monoisotopic (exact) mass is 219 g/mol. The topological polar surface area (TPSA) is 12.0 Å². The van der Waals surface area contributed by atoms with Crippen LogP contribution in [0.2, 0.25) is 0 Å². The van der Waals surface area contributed by atoms with Crippen LogP contribution in [0.3, 0.4) is 0 Å². The second-order valence-corrected chi connectivity index (χ2v) is 4.76. The molecule has 0 amide bonds. The lowest BCUT2D eigenvalue weighted by molar-refractivity contribution is 0.333. The molecule has 0 saturated carbocycles. The van der Waals surface area contributed by atoms with E-state index < -0.39 is 0 Å². The van der Waals surface area contributed by atoms with Gasteiger partial charge in [-0.2, -0.15) is 0 Å². The fourth-order valence-corrected chi connectivity index (χ4v) is 1.97. The van der Waals surface area contributed by atoms with Crippen molar-refractivity contribution in [3.8, 4) is 0 Å². The van der Waals surface area contributed by atoms with E-state index in [0.717, 1.165) is 5.92 Å². The van der Waals surface area contributed by atoms with Crippen molar-refractivity contribution in [2.24, 2.45) is 5.92 Å². The molecular formula is C15H25N. The van der Waals surface area contributed by atoms with Crippen molar-refractivity contribution in [1.82, 2.24) is 5.32 Å². The van der Waals surface area contributed by atoms with Crippen LogP contribution in [0.25, 0.3) is 0 Å². The van der Waals surface area contributed by atoms with E-state index in [1.165, 1.54) is 31.4 Å². The molecule has 1 heterocycles. The zero-order valence-electron chi connectivity index (χ0n) is 10.9. The predicted molar refractivity (Wildman–Crippen MR) is 71.5 cm³/mol. The van der Waals surface area contributed by atoms with Gasteiger partial charge < -0.3 is 5.32 Å². The van der Waals surface area contributed by atoms with Crippen LogP contribution in [0, 0.1) is 5.92 Å². The van der Waals surface area contributed by atoms with Crippen LogP contribution < -0.4 is 5.32 Å². The van der Waals surface area contributed by atoms with E-state index >= 15 is 0 Å². The Morgan fingerprint density at radius 3 is 2.25 bits per heavy atom. The van der Waals surface area contributed by atoms with Gasteiger partial charge in [-0.1, -0.05) is 57.5 Å². The highest BCUT2D eigenvalue weighted by Gasteiger charge is 2.17. The molecule has 0 radical (unpaired) electrons. The Morgan fingerprint density at radius 1 is 1.12 bits per heavy atom. The summed E-state index contributed by atoms with van der Waals surface area (Å²) in [6.07, 6.45) is 3.89. The summed E-state index contributed by atoms with van der Waals surface area (Å²) in [6, 6.07) is 11.3. The number of hydrogen-bond acceptors (Lipinski definition) is 1. The van der Waals surface area contributed by atoms with E-state index in [9.17, 15) is 0 Å². The number of hydrogen-bond donors (Lipinski definition) is 1. The number of benzene rings is 1. The van der Waals surface area contributed by atoms with Crippen LogP contribution in [0.5, 0.6) is 0 Å². The molecule has 90 valence electrons. The Balaban J connectivity index is 0.000000386. The second-order valence-electron chi connectivity index (χ2n) is 4.76. The molecule has 0 aromatic heterocycles. The average Bonchev–Trinajstić information content (AvgIpc) is 2.32. The minimum atomic E-state index is 0.595. The zero-order valence-corrected chi connectivity index (χ0v) is 10.9. The lowest BCUT2D eigenvalue weighted by Crippen LogP contribution is -2.31. The Morgan fingerprint density at radius 2 is 1.75 bits per heavy atom. The molecule has 16 heavy (non-hydrogen) atoms. The first-order valence-electron chi connectivity index (χ1n) is 6.56. The number of nitrogens with one attached hydrogen (secondary N) is 1. The van der Waals surface area contributed by atoms with Gasteiger partial charge >= 0.3 is 0 Å². The molecule has 1 aliphatic rings. The third kappa shape index (κ3) is 4.36. The zero-order chi connectivity index (χ0) is 11.8. The van der Waals surface area contributed by atoms with Crippen molar-refractivity contribution in [3.05, 3.63) is 35.9 Å². The normalized spacial score (nSPS) is 24.4. The second kappa shape index (κ2) is 7.45. The summed E-state index contributed by atoms with van der Waals surface area (Å²) < 4.78 is 0. The molecule has 1 aliphatic heterocycles. The van der Waals surface area contributed by atoms with Crippen molar-refractivity contribution in [2.45, 2.75) is 46.1 Å². The van der Waals surface area contributed by atoms with Gasteiger partial charge in [-0.15, -0.1) is 0 Å². The Hall–Kier alpha value is -0.820. The van der Waals surface area contributed by atoms with Crippen LogP contribution in [0.4, 0.5) is 0 Å². The van der Waals surface area contributed by atoms with Gasteiger partial charge in [-0.25, -0.2) is 0 Å². The molecule has 1 heteroatoms. The molecule has 0 aliphatic carbocycles. The highest BCUT2D eigenvalue weighted by atomic mass is 14.9. The van der Waals surface area contributed by atoms with Gasteiger partial charge in [0.25, 0.3) is 0 Å². The van der Waals surface area contributed by atoms with E-state index in [-0.39, 0.29) is 0 Å². The van der Waals surface area contributed by atoms with Crippen molar-refractivity contribution in [3.63, 3.8) is 0 Å². The highest BCUT2D eigenvalue weighted by molar-refractivity contribution is 5.19. The van der Waals surface area contributed by atoms with Crippen molar-refractivity contribution in [1.29, 1.82) is 0 Å². The van der Waals surface area contributed by atoms with Crippen LogP contribution in [-0.2, 0) is 0 Å². The maximum absolute atomic E-state index is 3.59. The first kappa shape index (κ1) is 13.2. The van der Waals surface area contributed by atoms with Gasteiger partial charge in [0.05, 0.1) is 0 Å². The first-order chi connectivity index (χ1) is 7.77. The Bertz CT molecular complexity index is 260. The van der Waals surface area contributed by atoms with Crippen molar-refractivity contribution in [2.75, 3.05) is 6.54 Å². The first-order valence-corrected chi connectivity index (χ1v) is 6.56. The SMILES string of the molecule is CCC.C[C@@H]1CC[C@H](c2ccccc2)NC1. The van der Waals surface area contributed by atoms with E-state index in [4.69, 9.17) is 0 Å². The minimum absolute atomic E-state index is 0.595. The molecule has 1 saturated heterocycles. The van der Waals surface area contributed by atoms with Crippen LogP contribution in [-0.4, -0.2) is 6.54 Å². The lowest BCUT2D eigenvalue weighted by atomic mass is 9.92. The predicted octanol–water partition coefficient (Wildman–Crippen LogP) is 4.16. The summed E-state index contributed by atoms with van der Waals surface area (Å²) in [5, 5.41) is 3.59. The largest absolute Gasteiger partial charge is 0.310 e. The number of rotatable bonds is 1. The van der Waals surface area contributed by atoms with Crippen molar-refractivity contribution < 1.29 is 0 Å². The Kier molecular flexibility index (Phi) is 6.17. The third-order valence-electron chi connectivity index (χ3n) is 2.86. The van der Waals surface area contributed by atoms with E-state index in [1.807, 2.05) is 0 Å². The molecular weight excluding hydrogens is 194 g/mol. The van der Waals surface area contributed by atoms with Crippen LogP contribution >= 0.6 is 0 Å². The smallest absolute Gasteiger partial charge is 0.0320 e. The van der Waals surface area contributed by atoms with Gasteiger partial charge in [0, 0.05) is 6.04 Å². The summed E-state index contributed by atoms with van der Waals surface area (Å²) in [5.41, 5.74) is 1.44. The molecule has 1 nitrogen and oxygen atoms in total. The maximum atomic E-state index is 3.59. The maximum Gasteiger partial charge on any atom is 0.0320 e. The van der Waals surface area contributed by atoms with Gasteiger partial charge in [-0.05, 0) is 30.9 Å². The average molecular weight is 219 g/mol. The summed E-state index contributed by atoms with van der Waals surface area (Å²) in [7, 11) is 0. The van der Waals surface area contributed by atoms with Gasteiger partial charge in [-0.3, -0.25) is 0 Å². The molecule has 1 aromatic rings. The molecule has 2 rings (SSSR count). The molecule has 0 spiro atoms. The molecule has 1 aromatic carbocycles. The molecule has 1 N–H and O–H groups in total. The van der Waals surface area contributed by atoms with Crippen molar-refractivity contribution >= 4 is 0 Å². The quantitative estimate of drug-likeness (QED) is 0.747. The molecule has 1 fully saturated rings. The Labute approximate surface area is 100 Å². The third-order valence-corrected chi connectivity index (χ3v) is 2.86. The summed E-state index contributed by atoms with van der Waals surface area (Å²) in [4.78, 5) is 0.